The molecule has 0 saturated carbocycles. The number of aromatic amines is 1. The summed E-state index contributed by atoms with van der Waals surface area (Å²) >= 11 is 3.68. The fraction of sp³-hybridized carbons (Fsp3) is 0.318. The quantitative estimate of drug-likeness (QED) is 0.382. The van der Waals surface area contributed by atoms with Crippen LogP contribution in [0, 0.1) is 5.92 Å². The number of benzene rings is 1. The van der Waals surface area contributed by atoms with Gasteiger partial charge < -0.3 is 15.6 Å². The van der Waals surface area contributed by atoms with Gasteiger partial charge in [0.1, 0.15) is 5.82 Å². The molecule has 0 spiro atoms. The molecule has 1 atom stereocenters. The summed E-state index contributed by atoms with van der Waals surface area (Å²) in [5.74, 6) is 2.00. The summed E-state index contributed by atoms with van der Waals surface area (Å²) in [5.41, 5.74) is 2.31. The van der Waals surface area contributed by atoms with Crippen LogP contribution in [-0.2, 0) is 0 Å². The number of thiophene rings is 2. The third kappa shape index (κ3) is 3.01. The Morgan fingerprint density at radius 3 is 2.21 bits per heavy atom. The van der Waals surface area contributed by atoms with Gasteiger partial charge in [0.2, 0.25) is 0 Å². The zero-order chi connectivity index (χ0) is 19.4. The molecule has 4 nitrogen and oxygen atoms in total. The summed E-state index contributed by atoms with van der Waals surface area (Å²) in [6.07, 6.45) is 4.38. The molecular weight excluding hydrogens is 384 g/mol. The molecule has 0 fully saturated rings. The summed E-state index contributed by atoms with van der Waals surface area (Å²) in [4.78, 5) is 10.5. The fourth-order valence-corrected chi connectivity index (χ4v) is 5.65. The average Bonchev–Trinajstić information content (AvgIpc) is 3.43. The van der Waals surface area contributed by atoms with E-state index in [4.69, 9.17) is 0 Å². The van der Waals surface area contributed by atoms with Crippen molar-refractivity contribution in [1.29, 1.82) is 0 Å². The number of hydrogen-bond acceptors (Lipinski definition) is 5. The van der Waals surface area contributed by atoms with Crippen molar-refractivity contribution in [3.63, 3.8) is 0 Å². The van der Waals surface area contributed by atoms with Crippen molar-refractivity contribution in [1.82, 2.24) is 20.6 Å². The minimum absolute atomic E-state index is 0.316. The van der Waals surface area contributed by atoms with E-state index in [0.717, 1.165) is 11.5 Å². The molecule has 1 unspecified atom stereocenters. The van der Waals surface area contributed by atoms with Crippen LogP contribution in [0.3, 0.4) is 0 Å². The predicted octanol–water partition coefficient (Wildman–Crippen LogP) is 6.10. The predicted molar refractivity (Wildman–Crippen MR) is 122 cm³/mol. The lowest BCUT2D eigenvalue weighted by Gasteiger charge is -2.17. The molecule has 6 heteroatoms. The lowest BCUT2D eigenvalue weighted by molar-refractivity contribution is 0.430. The van der Waals surface area contributed by atoms with E-state index in [0.29, 0.717) is 18.0 Å². The molecule has 1 aliphatic heterocycles. The zero-order valence-electron chi connectivity index (χ0n) is 16.5. The molecule has 28 heavy (non-hydrogen) atoms. The Bertz CT molecular complexity index is 1140. The Hall–Kier alpha value is -2.31. The van der Waals surface area contributed by atoms with Gasteiger partial charge in [-0.05, 0) is 41.0 Å². The summed E-state index contributed by atoms with van der Waals surface area (Å²) in [7, 11) is 0. The highest BCUT2D eigenvalue weighted by Gasteiger charge is 2.20. The van der Waals surface area contributed by atoms with Gasteiger partial charge in [0.05, 0.1) is 33.5 Å². The monoisotopic (exact) mass is 408 g/mol. The van der Waals surface area contributed by atoms with Gasteiger partial charge in [-0.1, -0.05) is 27.7 Å². The Morgan fingerprint density at radius 2 is 1.61 bits per heavy atom. The van der Waals surface area contributed by atoms with Crippen LogP contribution in [0.5, 0.6) is 0 Å². The maximum absolute atomic E-state index is 4.52. The van der Waals surface area contributed by atoms with Gasteiger partial charge in [-0.2, -0.15) is 0 Å². The number of aromatic nitrogens is 2. The molecule has 0 aliphatic carbocycles. The van der Waals surface area contributed by atoms with E-state index >= 15 is 0 Å². The van der Waals surface area contributed by atoms with Crippen LogP contribution in [0.4, 0.5) is 0 Å². The number of nitrogens with zero attached hydrogens (tertiary/aromatic N) is 1. The van der Waals surface area contributed by atoms with Gasteiger partial charge in [-0.25, -0.2) is 4.98 Å². The molecular formula is C22H24N4S2. The third-order valence-electron chi connectivity index (χ3n) is 5.21. The van der Waals surface area contributed by atoms with Crippen LogP contribution in [0.1, 0.15) is 44.3 Å². The van der Waals surface area contributed by atoms with E-state index in [1.54, 1.807) is 0 Å². The first-order valence-corrected chi connectivity index (χ1v) is 11.4. The third-order valence-corrected chi connectivity index (χ3v) is 7.48. The molecule has 0 bridgehead atoms. The van der Waals surface area contributed by atoms with Gasteiger partial charge in [0.15, 0.2) is 0 Å². The molecule has 0 radical (unpaired) electrons. The Labute approximate surface area is 172 Å². The summed E-state index contributed by atoms with van der Waals surface area (Å²) < 4.78 is 2.65. The number of hydrogen-bond donors (Lipinski definition) is 3. The van der Waals surface area contributed by atoms with Crippen LogP contribution in [-0.4, -0.2) is 16.1 Å². The Balaban J connectivity index is 1.48. The highest BCUT2D eigenvalue weighted by Crippen LogP contribution is 2.39. The van der Waals surface area contributed by atoms with Gasteiger partial charge in [-0.15, -0.1) is 22.7 Å². The number of fused-ring (bicyclic) bond motifs is 2. The molecule has 3 N–H and O–H groups in total. The van der Waals surface area contributed by atoms with Gasteiger partial charge in [0.25, 0.3) is 0 Å². The number of H-pyrrole nitrogens is 1. The number of rotatable bonds is 4. The zero-order valence-corrected chi connectivity index (χ0v) is 18.1. The van der Waals surface area contributed by atoms with E-state index < -0.39 is 0 Å². The smallest absolute Gasteiger partial charge is 0.109 e. The Kier molecular flexibility index (Phi) is 4.21. The molecule has 0 amide bonds. The Morgan fingerprint density at radius 1 is 0.929 bits per heavy atom. The first kappa shape index (κ1) is 17.8. The minimum atomic E-state index is 0.316. The molecule has 4 heterocycles. The van der Waals surface area contributed by atoms with E-state index in [1.165, 1.54) is 35.6 Å². The van der Waals surface area contributed by atoms with E-state index in [2.05, 4.69) is 78.8 Å². The summed E-state index contributed by atoms with van der Waals surface area (Å²) in [6.45, 7) is 8.77. The first-order chi connectivity index (χ1) is 13.5. The first-order valence-electron chi connectivity index (χ1n) is 9.73. The van der Waals surface area contributed by atoms with Crippen LogP contribution in [0.25, 0.3) is 36.4 Å². The maximum atomic E-state index is 4.52. The van der Waals surface area contributed by atoms with Crippen molar-refractivity contribution in [3.05, 3.63) is 47.4 Å². The second kappa shape index (κ2) is 6.64. The van der Waals surface area contributed by atoms with Crippen LogP contribution < -0.4 is 10.6 Å². The van der Waals surface area contributed by atoms with E-state index in [1.807, 2.05) is 28.9 Å². The molecule has 3 aromatic heterocycles. The largest absolute Gasteiger partial charge is 0.369 e. The van der Waals surface area contributed by atoms with Crippen molar-refractivity contribution < 1.29 is 0 Å². The van der Waals surface area contributed by atoms with Crippen LogP contribution in [0.2, 0.25) is 0 Å². The van der Waals surface area contributed by atoms with Crippen molar-refractivity contribution in [2.75, 3.05) is 0 Å². The molecule has 5 rings (SSSR count). The van der Waals surface area contributed by atoms with E-state index in [-0.39, 0.29) is 0 Å². The molecule has 1 aliphatic rings. The maximum Gasteiger partial charge on any atom is 0.109 e. The lowest BCUT2D eigenvalue weighted by Crippen LogP contribution is -2.36. The number of imidazole rings is 1. The lowest BCUT2D eigenvalue weighted by atomic mass is 10.1. The molecule has 1 aromatic carbocycles. The van der Waals surface area contributed by atoms with Crippen LogP contribution in [0.15, 0.2) is 36.7 Å². The van der Waals surface area contributed by atoms with Crippen molar-refractivity contribution in [3.8, 4) is 10.6 Å². The van der Waals surface area contributed by atoms with Crippen molar-refractivity contribution in [2.24, 2.45) is 5.92 Å². The molecule has 0 saturated heterocycles. The van der Waals surface area contributed by atoms with Crippen LogP contribution >= 0.6 is 22.7 Å². The van der Waals surface area contributed by atoms with Crippen molar-refractivity contribution >= 4 is 48.5 Å². The average molecular weight is 409 g/mol. The molecule has 144 valence electrons. The number of nitrogens with one attached hydrogen (secondary N) is 3. The summed E-state index contributed by atoms with van der Waals surface area (Å²) in [5, 5.41) is 9.64. The summed E-state index contributed by atoms with van der Waals surface area (Å²) in [6, 6.07) is 9.22. The second-order valence-corrected chi connectivity index (χ2v) is 10.2. The second-order valence-electron chi connectivity index (χ2n) is 8.08. The normalized spacial score (nSPS) is 16.9. The topological polar surface area (TPSA) is 52.7 Å². The minimum Gasteiger partial charge on any atom is -0.369 e. The van der Waals surface area contributed by atoms with Crippen molar-refractivity contribution in [2.45, 2.75) is 39.8 Å². The van der Waals surface area contributed by atoms with Gasteiger partial charge in [0, 0.05) is 21.5 Å². The van der Waals surface area contributed by atoms with Gasteiger partial charge >= 0.3 is 0 Å². The fourth-order valence-electron chi connectivity index (χ4n) is 3.52. The highest BCUT2D eigenvalue weighted by atomic mass is 32.1. The molecule has 4 aromatic rings. The van der Waals surface area contributed by atoms with E-state index in [9.17, 15) is 0 Å². The standard InChI is InChI=1S/C22H24N4S2/c1-11(2)21-23-9-15(25-21)19-7-13-5-18-14(6-17(13)27-19)8-20(28-18)16-10-24-22(26-16)12(3)4/h5-12,21,23,25H,1-4H3,(H,24,26). The highest BCUT2D eigenvalue weighted by molar-refractivity contribution is 7.23. The SMILES string of the molecule is CC(C)c1ncc(-c2cc3cc4sc(C5=CNC(C(C)C)N5)cc4cc3s2)[nH]1. The van der Waals surface area contributed by atoms with Gasteiger partial charge in [-0.3, -0.25) is 0 Å².